The topological polar surface area (TPSA) is 3.24 Å². The summed E-state index contributed by atoms with van der Waals surface area (Å²) < 4.78 is 0. The number of hydrogen-bond acceptors (Lipinski definition) is 2. The first kappa shape index (κ1) is 11.4. The Bertz CT molecular complexity index is 558. The third kappa shape index (κ3) is 1.93. The van der Waals surface area contributed by atoms with Crippen LogP contribution in [0.4, 0.5) is 11.4 Å². The molecule has 0 amide bonds. The van der Waals surface area contributed by atoms with E-state index in [4.69, 9.17) is 0 Å². The zero-order valence-corrected chi connectivity index (χ0v) is 11.2. The van der Waals surface area contributed by atoms with Crippen molar-refractivity contribution in [2.75, 3.05) is 11.4 Å². The van der Waals surface area contributed by atoms with Gasteiger partial charge in [-0.05, 0) is 31.2 Å². The highest BCUT2D eigenvalue weighted by molar-refractivity contribution is 7.99. The fourth-order valence-electron chi connectivity index (χ4n) is 2.22. The fraction of sp³-hybridized carbons (Fsp3) is 0.125. The van der Waals surface area contributed by atoms with Crippen LogP contribution in [-0.2, 0) is 0 Å². The Morgan fingerprint density at radius 2 is 1.50 bits per heavy atom. The average Bonchev–Trinajstić information content (AvgIpc) is 2.38. The van der Waals surface area contributed by atoms with E-state index < -0.39 is 0 Å². The van der Waals surface area contributed by atoms with Crippen molar-refractivity contribution in [3.8, 4) is 0 Å². The van der Waals surface area contributed by atoms with Gasteiger partial charge in [-0.25, -0.2) is 0 Å². The van der Waals surface area contributed by atoms with Crippen LogP contribution >= 0.6 is 11.8 Å². The van der Waals surface area contributed by atoms with Gasteiger partial charge in [-0.2, -0.15) is 0 Å². The molecule has 0 radical (unpaired) electrons. The van der Waals surface area contributed by atoms with Gasteiger partial charge in [0.15, 0.2) is 0 Å². The summed E-state index contributed by atoms with van der Waals surface area (Å²) in [6.45, 7) is 6.99. The molecule has 0 aliphatic carbocycles. The Morgan fingerprint density at radius 1 is 1.00 bits per heavy atom. The zero-order chi connectivity index (χ0) is 12.5. The van der Waals surface area contributed by atoms with E-state index in [2.05, 4.69) is 66.9 Å². The van der Waals surface area contributed by atoms with E-state index in [0.29, 0.717) is 0 Å². The molecule has 2 aromatic rings. The lowest BCUT2D eigenvalue weighted by molar-refractivity contribution is 0.995. The maximum atomic E-state index is 4.05. The molecule has 0 saturated heterocycles. The molecular formula is C16H15NS. The molecule has 1 aliphatic heterocycles. The van der Waals surface area contributed by atoms with Gasteiger partial charge in [-0.15, -0.1) is 0 Å². The molecular weight excluding hydrogens is 238 g/mol. The zero-order valence-electron chi connectivity index (χ0n) is 10.4. The molecule has 1 heterocycles. The smallest absolute Gasteiger partial charge is 0.0555 e. The molecule has 3 rings (SSSR count). The number of anilines is 2. The van der Waals surface area contributed by atoms with Gasteiger partial charge in [0.2, 0.25) is 0 Å². The molecule has 1 nitrogen and oxygen atoms in total. The summed E-state index contributed by atoms with van der Waals surface area (Å²) >= 11 is 1.84. The molecule has 0 aromatic heterocycles. The highest BCUT2D eigenvalue weighted by Crippen LogP contribution is 2.47. The monoisotopic (exact) mass is 253 g/mol. The number of rotatable bonds is 2. The van der Waals surface area contributed by atoms with Crippen molar-refractivity contribution in [1.82, 2.24) is 0 Å². The molecule has 0 unspecified atom stereocenters. The molecule has 0 spiro atoms. The number of nitrogens with zero attached hydrogens (tertiary/aromatic N) is 1. The minimum atomic E-state index is 0.870. The van der Waals surface area contributed by atoms with Crippen molar-refractivity contribution in [2.45, 2.75) is 16.7 Å². The van der Waals surface area contributed by atoms with Gasteiger partial charge in [-0.3, -0.25) is 0 Å². The second-order valence-electron chi connectivity index (χ2n) is 4.58. The van der Waals surface area contributed by atoms with Crippen molar-refractivity contribution in [3.05, 3.63) is 60.7 Å². The maximum Gasteiger partial charge on any atom is 0.0555 e. The van der Waals surface area contributed by atoms with E-state index in [1.807, 2.05) is 11.8 Å². The molecule has 0 N–H and O–H groups in total. The summed E-state index contributed by atoms with van der Waals surface area (Å²) in [4.78, 5) is 4.98. The van der Waals surface area contributed by atoms with Crippen molar-refractivity contribution in [1.29, 1.82) is 0 Å². The number of para-hydroxylation sites is 2. The summed E-state index contributed by atoms with van der Waals surface area (Å²) in [6.07, 6.45) is 0. The quantitative estimate of drug-likeness (QED) is 0.703. The van der Waals surface area contributed by atoms with E-state index in [-0.39, 0.29) is 0 Å². The van der Waals surface area contributed by atoms with Crippen LogP contribution in [0.2, 0.25) is 0 Å². The Morgan fingerprint density at radius 3 is 2.00 bits per heavy atom. The van der Waals surface area contributed by atoms with Crippen molar-refractivity contribution in [3.63, 3.8) is 0 Å². The lowest BCUT2D eigenvalue weighted by atomic mass is 10.2. The standard InChI is InChI=1S/C16H15NS/c1-12(2)11-17-13-7-3-5-9-15(13)18-16-10-6-4-8-14(16)17/h3-10H,1,11H2,2H3. The van der Waals surface area contributed by atoms with Gasteiger partial charge in [0.25, 0.3) is 0 Å². The third-order valence-corrected chi connectivity index (χ3v) is 4.09. The predicted octanol–water partition coefficient (Wildman–Crippen LogP) is 4.87. The Balaban J connectivity index is 2.14. The van der Waals surface area contributed by atoms with Crippen LogP contribution in [0.3, 0.4) is 0 Å². The summed E-state index contributed by atoms with van der Waals surface area (Å²) in [5.74, 6) is 0. The van der Waals surface area contributed by atoms with Gasteiger partial charge in [0, 0.05) is 16.3 Å². The average molecular weight is 253 g/mol. The second kappa shape index (κ2) is 4.54. The predicted molar refractivity (Wildman–Crippen MR) is 78.8 cm³/mol. The molecule has 0 bridgehead atoms. The summed E-state index contributed by atoms with van der Waals surface area (Å²) in [6, 6.07) is 17.1. The normalized spacial score (nSPS) is 12.8. The van der Waals surface area contributed by atoms with Gasteiger partial charge in [0.1, 0.15) is 0 Å². The lowest BCUT2D eigenvalue weighted by Gasteiger charge is -2.32. The largest absolute Gasteiger partial charge is 0.335 e. The van der Waals surface area contributed by atoms with Crippen molar-refractivity contribution in [2.24, 2.45) is 0 Å². The number of benzene rings is 2. The van der Waals surface area contributed by atoms with Crippen LogP contribution in [0.25, 0.3) is 0 Å². The second-order valence-corrected chi connectivity index (χ2v) is 5.66. The Kier molecular flexibility index (Phi) is 2.88. The minimum Gasteiger partial charge on any atom is -0.335 e. The Labute approximate surface area is 112 Å². The Hall–Kier alpha value is -1.67. The van der Waals surface area contributed by atoms with Gasteiger partial charge < -0.3 is 4.90 Å². The van der Waals surface area contributed by atoms with Crippen LogP contribution in [0.1, 0.15) is 6.92 Å². The summed E-state index contributed by atoms with van der Waals surface area (Å²) in [5.41, 5.74) is 3.74. The highest BCUT2D eigenvalue weighted by atomic mass is 32.2. The molecule has 1 aliphatic rings. The first-order chi connectivity index (χ1) is 8.75. The SMILES string of the molecule is C=C(C)CN1c2ccccc2Sc2ccccc21. The van der Waals surface area contributed by atoms with Crippen molar-refractivity contribution < 1.29 is 0 Å². The highest BCUT2D eigenvalue weighted by Gasteiger charge is 2.22. The van der Waals surface area contributed by atoms with Crippen LogP contribution in [0.15, 0.2) is 70.5 Å². The molecule has 0 fully saturated rings. The van der Waals surface area contributed by atoms with E-state index in [1.54, 1.807) is 0 Å². The van der Waals surface area contributed by atoms with E-state index >= 15 is 0 Å². The molecule has 18 heavy (non-hydrogen) atoms. The van der Waals surface area contributed by atoms with E-state index in [9.17, 15) is 0 Å². The minimum absolute atomic E-state index is 0.870. The lowest BCUT2D eigenvalue weighted by Crippen LogP contribution is -2.22. The van der Waals surface area contributed by atoms with E-state index in [0.717, 1.165) is 6.54 Å². The molecule has 0 atom stereocenters. The molecule has 0 saturated carbocycles. The summed E-state index contributed by atoms with van der Waals surface area (Å²) in [5, 5.41) is 0. The molecule has 90 valence electrons. The van der Waals surface area contributed by atoms with Gasteiger partial charge in [-0.1, -0.05) is 48.2 Å². The van der Waals surface area contributed by atoms with Crippen molar-refractivity contribution >= 4 is 23.1 Å². The van der Waals surface area contributed by atoms with Crippen LogP contribution < -0.4 is 4.90 Å². The molecule has 2 aromatic carbocycles. The van der Waals surface area contributed by atoms with E-state index in [1.165, 1.54) is 26.7 Å². The van der Waals surface area contributed by atoms with Gasteiger partial charge >= 0.3 is 0 Å². The summed E-state index contributed by atoms with van der Waals surface area (Å²) in [7, 11) is 0. The maximum absolute atomic E-state index is 4.05. The first-order valence-corrected chi connectivity index (χ1v) is 6.85. The fourth-order valence-corrected chi connectivity index (χ4v) is 3.32. The van der Waals surface area contributed by atoms with Crippen LogP contribution in [-0.4, -0.2) is 6.54 Å². The molecule has 2 heteroatoms. The van der Waals surface area contributed by atoms with Crippen LogP contribution in [0, 0.1) is 0 Å². The first-order valence-electron chi connectivity index (χ1n) is 6.03. The van der Waals surface area contributed by atoms with Gasteiger partial charge in [0.05, 0.1) is 11.4 Å². The van der Waals surface area contributed by atoms with Crippen LogP contribution in [0.5, 0.6) is 0 Å². The number of hydrogen-bond donors (Lipinski definition) is 0. The number of fused-ring (bicyclic) bond motifs is 2. The third-order valence-electron chi connectivity index (χ3n) is 2.96.